The molecule has 6 amide bonds. The minimum atomic E-state index is -1.29. The minimum absolute atomic E-state index is 0.00337. The van der Waals surface area contributed by atoms with Crippen molar-refractivity contribution in [3.8, 4) is 0 Å². The molecule has 1 fully saturated rings. The molecule has 0 spiro atoms. The van der Waals surface area contributed by atoms with Gasteiger partial charge in [0.2, 0.25) is 35.4 Å². The van der Waals surface area contributed by atoms with Crippen LogP contribution < -0.4 is 43.4 Å². The van der Waals surface area contributed by atoms with Crippen LogP contribution in [0.4, 0.5) is 0 Å². The highest BCUT2D eigenvalue weighted by Gasteiger charge is 2.33. The third-order valence-corrected chi connectivity index (χ3v) is 10.7. The first-order valence-corrected chi connectivity index (χ1v) is 21.3. The lowest BCUT2D eigenvalue weighted by atomic mass is 10.0. The number of hydrogen-bond acceptors (Lipinski definition) is 9. The predicted octanol–water partition coefficient (Wildman–Crippen LogP) is 1.96. The van der Waals surface area contributed by atoms with Gasteiger partial charge in [0, 0.05) is 61.9 Å². The topological polar surface area (TPSA) is 252 Å². The van der Waals surface area contributed by atoms with Gasteiger partial charge in [-0.05, 0) is 54.4 Å². The van der Waals surface area contributed by atoms with E-state index in [0.29, 0.717) is 6.42 Å². The molecule has 16 heteroatoms. The van der Waals surface area contributed by atoms with Gasteiger partial charge in [0.1, 0.15) is 24.4 Å². The maximum Gasteiger partial charge on any atom is 0.243 e. The molecule has 0 aliphatic carbocycles. The number of fused-ring (bicyclic) bond motifs is 1. The lowest BCUT2D eigenvalue weighted by molar-refractivity contribution is -0.134. The largest absolute Gasteiger partial charge is 0.370 e. The molecule has 1 aliphatic rings. The van der Waals surface area contributed by atoms with E-state index in [9.17, 15) is 28.8 Å². The number of H-pyrrole nitrogens is 1. The molecule has 6 atom stereocenters. The van der Waals surface area contributed by atoms with Crippen LogP contribution in [-0.2, 0) is 53.0 Å². The van der Waals surface area contributed by atoms with Gasteiger partial charge in [0.15, 0.2) is 0 Å². The van der Waals surface area contributed by atoms with E-state index in [4.69, 9.17) is 16.2 Å². The minimum Gasteiger partial charge on any atom is -0.370 e. The number of rotatable bonds is 15. The van der Waals surface area contributed by atoms with E-state index in [0.717, 1.165) is 27.6 Å². The van der Waals surface area contributed by atoms with Crippen LogP contribution >= 0.6 is 0 Å². The monoisotopic (exact) mass is 851 g/mol. The van der Waals surface area contributed by atoms with Crippen molar-refractivity contribution in [1.82, 2.24) is 36.9 Å². The van der Waals surface area contributed by atoms with Crippen LogP contribution in [0.15, 0.2) is 91.1 Å². The SMILES string of the molecule is CC(C)C[C@@H]1CN[C@@H](CCC(N)OCc2ccccc2)C(=O)N[C@H](CCC(N)=O)C(=O)N[C@@H](Cc2c[nH]c3ccccc23)C(=O)N[C@H](Cc2ccccc2)C(=O)NCCC(=O)N1. The van der Waals surface area contributed by atoms with Gasteiger partial charge in [-0.3, -0.25) is 28.8 Å². The maximum absolute atomic E-state index is 14.4. The number of carbonyl (C=O) groups is 6. The Morgan fingerprint density at radius 1 is 0.726 bits per heavy atom. The molecule has 0 bridgehead atoms. The second kappa shape index (κ2) is 23.8. The van der Waals surface area contributed by atoms with Crippen LogP contribution in [-0.4, -0.2) is 90.0 Å². The summed E-state index contributed by atoms with van der Waals surface area (Å²) in [6.07, 6.45) is 1.74. The number of ether oxygens (including phenoxy) is 1. The summed E-state index contributed by atoms with van der Waals surface area (Å²) < 4.78 is 5.89. The van der Waals surface area contributed by atoms with Crippen LogP contribution in [0.1, 0.15) is 69.1 Å². The van der Waals surface area contributed by atoms with Crippen LogP contribution in [0.2, 0.25) is 0 Å². The van der Waals surface area contributed by atoms with Gasteiger partial charge >= 0.3 is 0 Å². The van der Waals surface area contributed by atoms with Crippen LogP contribution in [0.3, 0.4) is 0 Å². The van der Waals surface area contributed by atoms with E-state index >= 15 is 0 Å². The molecule has 332 valence electrons. The number of hydrogen-bond donors (Lipinski definition) is 9. The fourth-order valence-electron chi connectivity index (χ4n) is 7.45. The van der Waals surface area contributed by atoms with Crippen LogP contribution in [0, 0.1) is 5.92 Å². The number of aromatic amines is 1. The predicted molar refractivity (Wildman–Crippen MR) is 236 cm³/mol. The lowest BCUT2D eigenvalue weighted by Crippen LogP contribution is -2.59. The van der Waals surface area contributed by atoms with E-state index in [-0.39, 0.29) is 76.5 Å². The second-order valence-electron chi connectivity index (χ2n) is 16.3. The van der Waals surface area contributed by atoms with Crippen LogP contribution in [0.5, 0.6) is 0 Å². The Kier molecular flexibility index (Phi) is 18.0. The first-order chi connectivity index (χ1) is 29.8. The molecule has 4 aromatic rings. The third kappa shape index (κ3) is 15.1. The van der Waals surface area contributed by atoms with Gasteiger partial charge in [-0.25, -0.2) is 0 Å². The summed E-state index contributed by atoms with van der Waals surface area (Å²) in [6, 6.07) is 21.3. The lowest BCUT2D eigenvalue weighted by Gasteiger charge is -2.28. The normalized spacial score (nSPS) is 21.7. The number of para-hydroxylation sites is 1. The molecule has 0 saturated carbocycles. The zero-order valence-electron chi connectivity index (χ0n) is 35.5. The number of amides is 6. The Morgan fingerprint density at radius 3 is 2.03 bits per heavy atom. The molecule has 1 unspecified atom stereocenters. The summed E-state index contributed by atoms with van der Waals surface area (Å²) in [7, 11) is 0. The summed E-state index contributed by atoms with van der Waals surface area (Å²) in [4.78, 5) is 85.4. The highest BCUT2D eigenvalue weighted by Crippen LogP contribution is 2.20. The molecule has 16 nitrogen and oxygen atoms in total. The highest BCUT2D eigenvalue weighted by atomic mass is 16.5. The first kappa shape index (κ1) is 47.0. The van der Waals surface area contributed by atoms with Crippen molar-refractivity contribution in [2.24, 2.45) is 17.4 Å². The van der Waals surface area contributed by atoms with Crippen molar-refractivity contribution in [2.45, 2.75) is 108 Å². The maximum atomic E-state index is 14.4. The van der Waals surface area contributed by atoms with Crippen molar-refractivity contribution < 1.29 is 33.5 Å². The summed E-state index contributed by atoms with van der Waals surface area (Å²) >= 11 is 0. The van der Waals surface area contributed by atoms with Gasteiger partial charge in [0.05, 0.1) is 12.6 Å². The van der Waals surface area contributed by atoms with Crippen molar-refractivity contribution in [3.05, 3.63) is 108 Å². The Labute approximate surface area is 362 Å². The van der Waals surface area contributed by atoms with E-state index in [1.807, 2.05) is 98.8 Å². The zero-order chi connectivity index (χ0) is 44.4. The van der Waals surface area contributed by atoms with E-state index in [2.05, 4.69) is 36.9 Å². The molecular formula is C46H61N9O7. The Morgan fingerprint density at radius 2 is 1.34 bits per heavy atom. The molecule has 2 heterocycles. The first-order valence-electron chi connectivity index (χ1n) is 21.3. The molecule has 0 radical (unpaired) electrons. The third-order valence-electron chi connectivity index (χ3n) is 10.7. The van der Waals surface area contributed by atoms with Crippen molar-refractivity contribution in [3.63, 3.8) is 0 Å². The number of primary amides is 1. The van der Waals surface area contributed by atoms with E-state index in [1.165, 1.54) is 0 Å². The zero-order valence-corrected chi connectivity index (χ0v) is 35.5. The van der Waals surface area contributed by atoms with Gasteiger partial charge < -0.3 is 53.1 Å². The van der Waals surface area contributed by atoms with Gasteiger partial charge in [0.25, 0.3) is 0 Å². The molecule has 62 heavy (non-hydrogen) atoms. The van der Waals surface area contributed by atoms with Gasteiger partial charge in [-0.1, -0.05) is 92.7 Å². The summed E-state index contributed by atoms with van der Waals surface area (Å²) in [6.45, 7) is 4.49. The summed E-state index contributed by atoms with van der Waals surface area (Å²) in [5.41, 5.74) is 15.2. The average molecular weight is 852 g/mol. The molecule has 1 aliphatic heterocycles. The fourth-order valence-corrected chi connectivity index (χ4v) is 7.45. The van der Waals surface area contributed by atoms with Crippen molar-refractivity contribution >= 4 is 46.3 Å². The molecule has 3 aromatic carbocycles. The molecule has 1 aromatic heterocycles. The number of carbonyl (C=O) groups excluding carboxylic acids is 6. The fraction of sp³-hybridized carbons (Fsp3) is 0.435. The summed E-state index contributed by atoms with van der Waals surface area (Å²) in [5, 5.41) is 18.5. The van der Waals surface area contributed by atoms with Crippen LogP contribution in [0.25, 0.3) is 10.9 Å². The number of nitrogens with one attached hydrogen (secondary N) is 7. The Bertz CT molecular complexity index is 2100. The van der Waals surface area contributed by atoms with Gasteiger partial charge in [-0.15, -0.1) is 0 Å². The number of nitrogens with two attached hydrogens (primary N) is 2. The smallest absolute Gasteiger partial charge is 0.243 e. The quantitative estimate of drug-likeness (QED) is 0.0792. The Balaban J connectivity index is 1.46. The molecule has 11 N–H and O–H groups in total. The number of aromatic nitrogens is 1. The van der Waals surface area contributed by atoms with E-state index in [1.54, 1.807) is 6.20 Å². The molecular weight excluding hydrogens is 791 g/mol. The van der Waals surface area contributed by atoms with E-state index < -0.39 is 66.0 Å². The van der Waals surface area contributed by atoms with Gasteiger partial charge in [-0.2, -0.15) is 0 Å². The second-order valence-corrected chi connectivity index (χ2v) is 16.3. The molecule has 5 rings (SSSR count). The average Bonchev–Trinajstić information content (AvgIpc) is 3.66. The Hall–Kier alpha value is -6.10. The van der Waals surface area contributed by atoms with Crippen molar-refractivity contribution in [1.29, 1.82) is 0 Å². The van der Waals surface area contributed by atoms with Crippen molar-refractivity contribution in [2.75, 3.05) is 13.1 Å². The molecule has 1 saturated heterocycles. The summed E-state index contributed by atoms with van der Waals surface area (Å²) in [5.74, 6) is -3.27. The number of benzene rings is 3. The standard InChI is InChI=1S/C46H61N9O7/c1-29(2)23-33-27-51-36(18-20-41(48)62-28-31-13-7-4-8-14-31)44(59)53-37(17-19-40(47)56)45(60)55-39(25-32-26-50-35-16-10-9-15-34(32)35)46(61)54-38(24-30-11-5-3-6-12-30)43(58)49-22-21-42(57)52-33/h3-16,26,29,33,36-39,41,50-51H,17-25,27-28,48H2,1-2H3,(H2,47,56)(H,49,58)(H,52,57)(H,53,59)(H,54,61)(H,55,60)/t33-,36+,37-,38-,39+,41?/m1/s1. The highest BCUT2D eigenvalue weighted by molar-refractivity contribution is 5.96.